The first-order chi connectivity index (χ1) is 7.27. The Bertz CT molecular complexity index is 467. The van der Waals surface area contributed by atoms with E-state index in [1.165, 1.54) is 12.5 Å². The van der Waals surface area contributed by atoms with E-state index in [4.69, 9.17) is 5.11 Å². The van der Waals surface area contributed by atoms with Crippen LogP contribution in [0.25, 0.3) is 0 Å². The van der Waals surface area contributed by atoms with Gasteiger partial charge in [-0.15, -0.1) is 0 Å². The lowest BCUT2D eigenvalue weighted by atomic mass is 10.2. The maximum absolute atomic E-state index is 10.8. The summed E-state index contributed by atoms with van der Waals surface area (Å²) in [6, 6.07) is 0. The van der Waals surface area contributed by atoms with Crippen LogP contribution < -0.4 is 0 Å². The van der Waals surface area contributed by atoms with Gasteiger partial charge in [0.15, 0.2) is 0 Å². The number of carboxylic acids is 1. The predicted molar refractivity (Wildman–Crippen MR) is 50.3 cm³/mol. The highest BCUT2D eigenvalue weighted by atomic mass is 16.4. The zero-order valence-corrected chi connectivity index (χ0v) is 7.74. The second kappa shape index (κ2) is 3.87. The molecule has 0 atom stereocenters. The Balaban J connectivity index is 2.32. The van der Waals surface area contributed by atoms with E-state index in [0.717, 1.165) is 0 Å². The Labute approximate surface area is 85.3 Å². The second-order valence-electron chi connectivity index (χ2n) is 2.92. The van der Waals surface area contributed by atoms with Gasteiger partial charge >= 0.3 is 5.97 Å². The van der Waals surface area contributed by atoms with Crippen molar-refractivity contribution in [2.24, 2.45) is 0 Å². The maximum Gasteiger partial charge on any atom is 0.339 e. The molecule has 2 aromatic heterocycles. The molecule has 0 aromatic carbocycles. The molecule has 1 N–H and O–H groups in total. The number of nitrogens with zero attached hydrogens (tertiary/aromatic N) is 4. The minimum atomic E-state index is -1.02. The van der Waals surface area contributed by atoms with Gasteiger partial charge in [-0.2, -0.15) is 0 Å². The van der Waals surface area contributed by atoms with Gasteiger partial charge in [0.1, 0.15) is 11.9 Å². The first-order valence-corrected chi connectivity index (χ1v) is 4.25. The average molecular weight is 204 g/mol. The summed E-state index contributed by atoms with van der Waals surface area (Å²) in [4.78, 5) is 22.3. The maximum atomic E-state index is 10.8. The molecule has 2 rings (SSSR count). The van der Waals surface area contributed by atoms with Crippen LogP contribution in [0.15, 0.2) is 31.2 Å². The molecule has 76 valence electrons. The molecule has 2 heterocycles. The van der Waals surface area contributed by atoms with Gasteiger partial charge in [-0.3, -0.25) is 0 Å². The molecule has 0 aliphatic rings. The number of hydrogen-bond acceptors (Lipinski definition) is 4. The van der Waals surface area contributed by atoms with Crippen LogP contribution >= 0.6 is 0 Å². The summed E-state index contributed by atoms with van der Waals surface area (Å²) >= 11 is 0. The number of imidazole rings is 1. The van der Waals surface area contributed by atoms with Crippen LogP contribution in [0.2, 0.25) is 0 Å². The fourth-order valence-electron chi connectivity index (χ4n) is 1.21. The average Bonchev–Trinajstić information content (AvgIpc) is 2.71. The van der Waals surface area contributed by atoms with Crippen LogP contribution in [0.1, 0.15) is 16.1 Å². The minimum absolute atomic E-state index is 0.117. The van der Waals surface area contributed by atoms with Crippen LogP contribution in [0.4, 0.5) is 0 Å². The summed E-state index contributed by atoms with van der Waals surface area (Å²) in [5, 5.41) is 8.89. The molecular formula is C9H8N4O2. The number of carboxylic acid groups (broad SMARTS) is 1. The predicted octanol–water partition coefficient (Wildman–Crippen LogP) is 0.420. The lowest BCUT2D eigenvalue weighted by Gasteiger charge is -2.04. The van der Waals surface area contributed by atoms with Crippen molar-refractivity contribution >= 4 is 5.97 Å². The van der Waals surface area contributed by atoms with E-state index in [-0.39, 0.29) is 5.56 Å². The molecule has 0 aliphatic carbocycles. The first-order valence-electron chi connectivity index (χ1n) is 4.25. The third-order valence-corrected chi connectivity index (χ3v) is 1.92. The molecular weight excluding hydrogens is 196 g/mol. The van der Waals surface area contributed by atoms with E-state index in [1.807, 2.05) is 0 Å². The van der Waals surface area contributed by atoms with Crippen molar-refractivity contribution in [1.29, 1.82) is 0 Å². The van der Waals surface area contributed by atoms with Gasteiger partial charge in [-0.25, -0.2) is 19.7 Å². The van der Waals surface area contributed by atoms with E-state index in [9.17, 15) is 4.79 Å². The summed E-state index contributed by atoms with van der Waals surface area (Å²) in [6.45, 7) is 0.379. The van der Waals surface area contributed by atoms with Gasteiger partial charge in [-0.1, -0.05) is 0 Å². The van der Waals surface area contributed by atoms with Gasteiger partial charge in [-0.05, 0) is 0 Å². The number of aromatic carboxylic acids is 1. The molecule has 0 bridgehead atoms. The molecule has 15 heavy (non-hydrogen) atoms. The van der Waals surface area contributed by atoms with Crippen LogP contribution in [-0.2, 0) is 6.54 Å². The van der Waals surface area contributed by atoms with Crippen LogP contribution in [0, 0.1) is 0 Å². The molecule has 0 aliphatic heterocycles. The number of rotatable bonds is 3. The lowest BCUT2D eigenvalue weighted by molar-refractivity contribution is 0.0694. The van der Waals surface area contributed by atoms with Gasteiger partial charge in [0.05, 0.1) is 18.6 Å². The summed E-state index contributed by atoms with van der Waals surface area (Å²) < 4.78 is 1.74. The molecule has 0 spiro atoms. The van der Waals surface area contributed by atoms with Crippen molar-refractivity contribution in [3.05, 3.63) is 42.5 Å². The van der Waals surface area contributed by atoms with Gasteiger partial charge in [0, 0.05) is 18.6 Å². The van der Waals surface area contributed by atoms with E-state index in [0.29, 0.717) is 12.2 Å². The number of carbonyl (C=O) groups is 1. The van der Waals surface area contributed by atoms with Crippen molar-refractivity contribution in [3.8, 4) is 0 Å². The fraction of sp³-hybridized carbons (Fsp3) is 0.111. The third kappa shape index (κ3) is 1.98. The smallest absolute Gasteiger partial charge is 0.339 e. The molecule has 0 fully saturated rings. The Morgan fingerprint density at radius 1 is 1.47 bits per heavy atom. The van der Waals surface area contributed by atoms with Crippen molar-refractivity contribution in [2.45, 2.75) is 6.54 Å². The molecule has 0 saturated carbocycles. The van der Waals surface area contributed by atoms with Crippen molar-refractivity contribution in [2.75, 3.05) is 0 Å². The quantitative estimate of drug-likeness (QED) is 0.783. The highest BCUT2D eigenvalue weighted by Crippen LogP contribution is 2.05. The normalized spacial score (nSPS) is 10.1. The van der Waals surface area contributed by atoms with Gasteiger partial charge in [0.25, 0.3) is 0 Å². The molecule has 0 amide bonds. The largest absolute Gasteiger partial charge is 0.478 e. The first kappa shape index (κ1) is 9.32. The van der Waals surface area contributed by atoms with Crippen LogP contribution in [-0.4, -0.2) is 30.6 Å². The fourth-order valence-corrected chi connectivity index (χ4v) is 1.21. The molecule has 2 aromatic rings. The van der Waals surface area contributed by atoms with Crippen molar-refractivity contribution in [3.63, 3.8) is 0 Å². The topological polar surface area (TPSA) is 80.9 Å². The minimum Gasteiger partial charge on any atom is -0.478 e. The van der Waals surface area contributed by atoms with Crippen LogP contribution in [0.5, 0.6) is 0 Å². The zero-order chi connectivity index (χ0) is 10.7. The third-order valence-electron chi connectivity index (χ3n) is 1.92. The van der Waals surface area contributed by atoms with E-state index in [1.54, 1.807) is 23.3 Å². The van der Waals surface area contributed by atoms with Gasteiger partial charge < -0.3 is 9.67 Å². The Morgan fingerprint density at radius 3 is 3.00 bits per heavy atom. The summed E-state index contributed by atoms with van der Waals surface area (Å²) in [7, 11) is 0. The molecule has 0 unspecified atom stereocenters. The molecule has 6 nitrogen and oxygen atoms in total. The summed E-state index contributed by atoms with van der Waals surface area (Å²) in [6.07, 6.45) is 7.60. The van der Waals surface area contributed by atoms with Crippen molar-refractivity contribution < 1.29 is 9.90 Å². The van der Waals surface area contributed by atoms with Crippen molar-refractivity contribution in [1.82, 2.24) is 19.5 Å². The molecule has 0 saturated heterocycles. The lowest BCUT2D eigenvalue weighted by Crippen LogP contribution is -2.09. The Kier molecular flexibility index (Phi) is 2.40. The van der Waals surface area contributed by atoms with E-state index in [2.05, 4.69) is 15.0 Å². The van der Waals surface area contributed by atoms with E-state index < -0.39 is 5.97 Å². The van der Waals surface area contributed by atoms with E-state index >= 15 is 0 Å². The standard InChI is InChI=1S/C9H8N4O2/c14-9(15)7-3-11-5-12-8(7)4-13-2-1-10-6-13/h1-3,5-6H,4H2,(H,14,15). The highest BCUT2D eigenvalue weighted by Gasteiger charge is 2.11. The SMILES string of the molecule is O=C(O)c1cncnc1Cn1ccnc1. The Morgan fingerprint density at radius 2 is 2.33 bits per heavy atom. The van der Waals surface area contributed by atoms with Crippen LogP contribution in [0.3, 0.4) is 0 Å². The summed E-state index contributed by atoms with van der Waals surface area (Å²) in [5.41, 5.74) is 0.585. The molecule has 6 heteroatoms. The Hall–Kier alpha value is -2.24. The molecule has 0 radical (unpaired) electrons. The monoisotopic (exact) mass is 204 g/mol. The number of aromatic nitrogens is 4. The second-order valence-corrected chi connectivity index (χ2v) is 2.92. The summed E-state index contributed by atoms with van der Waals surface area (Å²) in [5.74, 6) is -1.02. The number of hydrogen-bond donors (Lipinski definition) is 1. The zero-order valence-electron chi connectivity index (χ0n) is 7.74. The van der Waals surface area contributed by atoms with Gasteiger partial charge in [0.2, 0.25) is 0 Å². The highest BCUT2D eigenvalue weighted by molar-refractivity contribution is 5.88.